The summed E-state index contributed by atoms with van der Waals surface area (Å²) in [4.78, 5) is 64.8. The van der Waals surface area contributed by atoms with E-state index in [4.69, 9.17) is 10.5 Å². The topological polar surface area (TPSA) is 148 Å². The normalized spacial score (nSPS) is 26.2. The standard InChI is InChI=1S/C26H39F3N4O6/c1-24(2,3)39-23(38)32-17(13-9-7-6-8-10-13)22(37)33-12-14-16(25(14,4)5)18(33)21(36)31-15(11-26(27,28)29)19(34)20(30)35/h13-18H,6-12H2,1-5H3,(H2,30,35)(H,31,36)(H,32,38)/t14-,15?,16-,17-,18?/m0/s1. The molecule has 4 N–H and O–H groups in total. The highest BCUT2D eigenvalue weighted by Crippen LogP contribution is 2.65. The van der Waals surface area contributed by atoms with Crippen LogP contribution in [0, 0.1) is 23.2 Å². The first-order valence-corrected chi connectivity index (χ1v) is 13.3. The molecule has 0 aromatic heterocycles. The van der Waals surface area contributed by atoms with Crippen molar-refractivity contribution in [3.8, 4) is 0 Å². The Morgan fingerprint density at radius 3 is 2.13 bits per heavy atom. The first-order chi connectivity index (χ1) is 17.8. The van der Waals surface area contributed by atoms with Crippen molar-refractivity contribution >= 4 is 29.6 Å². The quantitative estimate of drug-likeness (QED) is 0.389. The summed E-state index contributed by atoms with van der Waals surface area (Å²) >= 11 is 0. The first-order valence-electron chi connectivity index (χ1n) is 13.3. The Morgan fingerprint density at radius 2 is 1.62 bits per heavy atom. The van der Waals surface area contributed by atoms with E-state index in [-0.39, 0.29) is 29.7 Å². The molecule has 220 valence electrons. The number of hydrogen-bond acceptors (Lipinski definition) is 6. The zero-order chi connectivity index (χ0) is 29.5. The van der Waals surface area contributed by atoms with Crippen LogP contribution >= 0.6 is 0 Å². The molecule has 0 aromatic carbocycles. The van der Waals surface area contributed by atoms with Crippen LogP contribution in [-0.2, 0) is 23.9 Å². The van der Waals surface area contributed by atoms with E-state index >= 15 is 0 Å². The van der Waals surface area contributed by atoms with Gasteiger partial charge in [-0.25, -0.2) is 4.79 Å². The van der Waals surface area contributed by atoms with E-state index in [9.17, 15) is 37.1 Å². The molecule has 3 fully saturated rings. The van der Waals surface area contributed by atoms with Gasteiger partial charge in [0.2, 0.25) is 17.6 Å². The highest BCUT2D eigenvalue weighted by molar-refractivity contribution is 6.37. The zero-order valence-electron chi connectivity index (χ0n) is 23.0. The van der Waals surface area contributed by atoms with Gasteiger partial charge in [-0.05, 0) is 56.8 Å². The third-order valence-electron chi connectivity index (χ3n) is 8.13. The van der Waals surface area contributed by atoms with Crippen LogP contribution in [0.25, 0.3) is 0 Å². The molecule has 2 aliphatic carbocycles. The molecule has 0 radical (unpaired) electrons. The van der Waals surface area contributed by atoms with Crippen LogP contribution in [0.3, 0.4) is 0 Å². The fraction of sp³-hybridized carbons (Fsp3) is 0.808. The largest absolute Gasteiger partial charge is 0.444 e. The van der Waals surface area contributed by atoms with Gasteiger partial charge in [-0.15, -0.1) is 0 Å². The lowest BCUT2D eigenvalue weighted by Crippen LogP contribution is -2.60. The van der Waals surface area contributed by atoms with Gasteiger partial charge in [-0.2, -0.15) is 13.2 Å². The molecule has 0 aromatic rings. The van der Waals surface area contributed by atoms with E-state index in [0.29, 0.717) is 12.8 Å². The number of nitrogens with two attached hydrogens (primary N) is 1. The van der Waals surface area contributed by atoms with Gasteiger partial charge in [0.15, 0.2) is 0 Å². The molecule has 4 amide bonds. The summed E-state index contributed by atoms with van der Waals surface area (Å²) in [5.41, 5.74) is 3.74. The van der Waals surface area contributed by atoms with Gasteiger partial charge in [0.05, 0.1) is 6.42 Å². The molecule has 2 saturated carbocycles. The van der Waals surface area contributed by atoms with Crippen LogP contribution in [0.1, 0.15) is 73.1 Å². The number of hydrogen-bond donors (Lipinski definition) is 3. The van der Waals surface area contributed by atoms with Crippen LogP contribution in [0.2, 0.25) is 0 Å². The first kappa shape index (κ1) is 30.7. The monoisotopic (exact) mass is 560 g/mol. The van der Waals surface area contributed by atoms with Gasteiger partial charge in [-0.3, -0.25) is 19.2 Å². The summed E-state index contributed by atoms with van der Waals surface area (Å²) in [7, 11) is 0. The molecule has 10 nitrogen and oxygen atoms in total. The highest BCUT2D eigenvalue weighted by Gasteiger charge is 2.70. The van der Waals surface area contributed by atoms with Gasteiger partial charge in [0.25, 0.3) is 5.91 Å². The molecule has 3 rings (SSSR count). The number of rotatable bonds is 8. The Bertz CT molecular complexity index is 1000. The van der Waals surface area contributed by atoms with Gasteiger partial charge >= 0.3 is 12.3 Å². The van der Waals surface area contributed by atoms with Crippen LogP contribution in [-0.4, -0.2) is 70.9 Å². The number of amides is 4. The number of nitrogens with one attached hydrogen (secondary N) is 2. The summed E-state index contributed by atoms with van der Waals surface area (Å²) < 4.78 is 44.8. The number of carbonyl (C=O) groups is 5. The predicted octanol–water partition coefficient (Wildman–Crippen LogP) is 2.43. The number of alkyl halides is 3. The van der Waals surface area contributed by atoms with Crippen LogP contribution in [0.15, 0.2) is 0 Å². The number of Topliss-reactive ketones (excluding diaryl/α,β-unsaturated/α-hetero) is 1. The number of nitrogens with zero attached hydrogens (tertiary/aromatic N) is 1. The zero-order valence-corrected chi connectivity index (χ0v) is 23.0. The van der Waals surface area contributed by atoms with E-state index in [1.54, 1.807) is 20.8 Å². The lowest BCUT2D eigenvalue weighted by molar-refractivity contribution is -0.155. The fourth-order valence-corrected chi connectivity index (χ4v) is 6.14. The van der Waals surface area contributed by atoms with Crippen LogP contribution in [0.4, 0.5) is 18.0 Å². The van der Waals surface area contributed by atoms with Crippen LogP contribution in [0.5, 0.6) is 0 Å². The predicted molar refractivity (Wildman–Crippen MR) is 133 cm³/mol. The molecule has 39 heavy (non-hydrogen) atoms. The lowest BCUT2D eigenvalue weighted by Gasteiger charge is -2.37. The van der Waals surface area contributed by atoms with Crippen molar-refractivity contribution in [3.05, 3.63) is 0 Å². The Labute approximate surface area is 225 Å². The molecule has 1 heterocycles. The third kappa shape index (κ3) is 7.21. The number of halogens is 3. The molecule has 13 heteroatoms. The van der Waals surface area contributed by atoms with Crippen molar-refractivity contribution < 1.29 is 41.9 Å². The van der Waals surface area contributed by atoms with E-state index in [2.05, 4.69) is 10.6 Å². The summed E-state index contributed by atoms with van der Waals surface area (Å²) in [6.45, 7) is 9.01. The number of ether oxygens (including phenoxy) is 1. The van der Waals surface area contributed by atoms with Gasteiger partial charge in [0, 0.05) is 6.54 Å². The summed E-state index contributed by atoms with van der Waals surface area (Å²) in [5.74, 6) is -5.34. The molecule has 0 bridgehead atoms. The van der Waals surface area contributed by atoms with Crippen molar-refractivity contribution in [3.63, 3.8) is 0 Å². The SMILES string of the molecule is CC(C)(C)OC(=O)N[C@H](C(=O)N1C[C@H]2[C@@H](C1C(=O)NC(CC(F)(F)F)C(=O)C(N)=O)C2(C)C)C1CCCCC1. The summed E-state index contributed by atoms with van der Waals surface area (Å²) in [6, 6.07) is -4.38. The number of likely N-dealkylation sites (tertiary alicyclic amines) is 1. The smallest absolute Gasteiger partial charge is 0.408 e. The maximum absolute atomic E-state index is 13.9. The van der Waals surface area contributed by atoms with Crippen molar-refractivity contribution in [2.24, 2.45) is 28.9 Å². The molecule has 3 aliphatic rings. The molecule has 0 spiro atoms. The van der Waals surface area contributed by atoms with E-state index in [0.717, 1.165) is 19.3 Å². The van der Waals surface area contributed by atoms with Crippen molar-refractivity contribution in [1.82, 2.24) is 15.5 Å². The number of alkyl carbamates (subject to hydrolysis) is 1. The number of carbonyl (C=O) groups excluding carboxylic acids is 5. The Kier molecular flexibility index (Phi) is 8.62. The van der Waals surface area contributed by atoms with E-state index < -0.39 is 65.9 Å². The molecule has 2 unspecified atom stereocenters. The highest BCUT2D eigenvalue weighted by atomic mass is 19.4. The number of ketones is 1. The minimum absolute atomic E-state index is 0.0985. The molecular weight excluding hydrogens is 521 g/mol. The van der Waals surface area contributed by atoms with Crippen LogP contribution < -0.4 is 16.4 Å². The average molecular weight is 561 g/mol. The van der Waals surface area contributed by atoms with Crippen molar-refractivity contribution in [2.45, 2.75) is 103 Å². The summed E-state index contributed by atoms with van der Waals surface area (Å²) in [5, 5.41) is 4.74. The second kappa shape index (κ2) is 11.0. The number of piperidine rings is 1. The minimum atomic E-state index is -4.86. The second-order valence-corrected chi connectivity index (χ2v) is 12.5. The molecule has 1 saturated heterocycles. The summed E-state index contributed by atoms with van der Waals surface area (Å²) in [6.07, 6.45) is -3.35. The Hall–Kier alpha value is -2.86. The maximum Gasteiger partial charge on any atom is 0.408 e. The van der Waals surface area contributed by atoms with Gasteiger partial charge in [0.1, 0.15) is 23.7 Å². The lowest BCUT2D eigenvalue weighted by atomic mass is 9.83. The second-order valence-electron chi connectivity index (χ2n) is 12.5. The minimum Gasteiger partial charge on any atom is -0.444 e. The van der Waals surface area contributed by atoms with E-state index in [1.165, 1.54) is 4.90 Å². The Balaban J connectivity index is 1.88. The molecule has 5 atom stereocenters. The number of primary amides is 1. The fourth-order valence-electron chi connectivity index (χ4n) is 6.14. The van der Waals surface area contributed by atoms with Crippen molar-refractivity contribution in [1.29, 1.82) is 0 Å². The number of fused-ring (bicyclic) bond motifs is 1. The third-order valence-corrected chi connectivity index (χ3v) is 8.13. The van der Waals surface area contributed by atoms with Crippen molar-refractivity contribution in [2.75, 3.05) is 6.54 Å². The Morgan fingerprint density at radius 1 is 1.03 bits per heavy atom. The average Bonchev–Trinajstić information content (AvgIpc) is 3.14. The maximum atomic E-state index is 13.9. The van der Waals surface area contributed by atoms with E-state index in [1.807, 2.05) is 13.8 Å². The molecular formula is C26H39F3N4O6. The van der Waals surface area contributed by atoms with Gasteiger partial charge in [-0.1, -0.05) is 33.1 Å². The molecule has 1 aliphatic heterocycles. The van der Waals surface area contributed by atoms with Gasteiger partial charge < -0.3 is 26.0 Å².